The highest BCUT2D eigenvalue weighted by Gasteiger charge is 2.49. The van der Waals surface area contributed by atoms with E-state index in [9.17, 15) is 15.0 Å². The minimum atomic E-state index is -1.17. The van der Waals surface area contributed by atoms with Gasteiger partial charge in [0.1, 0.15) is 5.41 Å². The summed E-state index contributed by atoms with van der Waals surface area (Å²) in [7, 11) is 0. The second-order valence-corrected chi connectivity index (χ2v) is 8.95. The summed E-state index contributed by atoms with van der Waals surface area (Å²) >= 11 is 0. The van der Waals surface area contributed by atoms with Crippen LogP contribution in [0.1, 0.15) is 72.6 Å². The Morgan fingerprint density at radius 2 is 2.00 bits per heavy atom. The van der Waals surface area contributed by atoms with Crippen molar-refractivity contribution < 1.29 is 15.0 Å². The van der Waals surface area contributed by atoms with Crippen molar-refractivity contribution in [3.05, 3.63) is 24.3 Å². The fourth-order valence-electron chi connectivity index (χ4n) is 5.45. The highest BCUT2D eigenvalue weighted by atomic mass is 16.4. The summed E-state index contributed by atoms with van der Waals surface area (Å²) in [5, 5.41) is 20.6. The largest absolute Gasteiger partial charge is 0.481 e. The number of aliphatic hydroxyl groups is 1. The van der Waals surface area contributed by atoms with Gasteiger partial charge in [-0.2, -0.15) is 0 Å². The van der Waals surface area contributed by atoms with Crippen LogP contribution in [0.25, 0.3) is 0 Å². The fourth-order valence-corrected chi connectivity index (χ4v) is 5.45. The van der Waals surface area contributed by atoms with Crippen LogP contribution < -0.4 is 0 Å². The van der Waals surface area contributed by atoms with Crippen molar-refractivity contribution in [2.75, 3.05) is 0 Å². The first-order valence-electron chi connectivity index (χ1n) is 10.0. The summed E-state index contributed by atoms with van der Waals surface area (Å²) in [4.78, 5) is 12.2. The van der Waals surface area contributed by atoms with E-state index in [0.29, 0.717) is 17.3 Å². The van der Waals surface area contributed by atoms with Gasteiger partial charge in [-0.05, 0) is 48.9 Å². The third kappa shape index (κ3) is 4.02. The first-order valence-corrected chi connectivity index (χ1v) is 10.0. The van der Waals surface area contributed by atoms with Gasteiger partial charge in [0.2, 0.25) is 0 Å². The second kappa shape index (κ2) is 8.07. The molecule has 2 N–H and O–H groups in total. The minimum Gasteiger partial charge on any atom is -0.481 e. The van der Waals surface area contributed by atoms with E-state index in [1.165, 1.54) is 19.3 Å². The number of carboxylic acids is 1. The molecule has 0 saturated heterocycles. The number of carboxylic acid groups (broad SMARTS) is 1. The zero-order valence-corrected chi connectivity index (χ0v) is 16.4. The highest BCUT2D eigenvalue weighted by Crippen LogP contribution is 2.49. The Morgan fingerprint density at radius 1 is 1.28 bits per heavy atom. The van der Waals surface area contributed by atoms with Crippen LogP contribution in [0.5, 0.6) is 0 Å². The first kappa shape index (κ1) is 20.2. The van der Waals surface area contributed by atoms with Crippen molar-refractivity contribution >= 4 is 5.97 Å². The van der Waals surface area contributed by atoms with Gasteiger partial charge < -0.3 is 10.2 Å². The maximum absolute atomic E-state index is 12.2. The molecule has 3 heteroatoms. The van der Waals surface area contributed by atoms with Gasteiger partial charge in [-0.3, -0.25) is 4.79 Å². The Hall–Kier alpha value is -1.09. The molecule has 0 aliphatic heterocycles. The SMILES string of the molecule is CCCC(CC[C@@H]1[C@@H](C)CCCC1(C)C)C1(C(=O)O)C=CC=CC1O. The summed E-state index contributed by atoms with van der Waals surface area (Å²) in [6.45, 7) is 9.19. The lowest BCUT2D eigenvalue weighted by atomic mass is 9.60. The maximum Gasteiger partial charge on any atom is 0.316 e. The molecule has 0 bridgehead atoms. The Kier molecular flexibility index (Phi) is 6.53. The Morgan fingerprint density at radius 3 is 2.56 bits per heavy atom. The van der Waals surface area contributed by atoms with E-state index in [1.807, 2.05) is 0 Å². The molecule has 0 amide bonds. The van der Waals surface area contributed by atoms with E-state index in [-0.39, 0.29) is 5.92 Å². The molecule has 1 saturated carbocycles. The van der Waals surface area contributed by atoms with Crippen LogP contribution in [0.15, 0.2) is 24.3 Å². The smallest absolute Gasteiger partial charge is 0.316 e. The van der Waals surface area contributed by atoms with Gasteiger partial charge in [0, 0.05) is 0 Å². The summed E-state index contributed by atoms with van der Waals surface area (Å²) in [5.41, 5.74) is -0.849. The summed E-state index contributed by atoms with van der Waals surface area (Å²) in [6, 6.07) is 0. The average Bonchev–Trinajstić information content (AvgIpc) is 2.53. The summed E-state index contributed by atoms with van der Waals surface area (Å²) in [5.74, 6) is 0.399. The van der Waals surface area contributed by atoms with E-state index >= 15 is 0 Å². The number of hydrogen-bond donors (Lipinski definition) is 2. The Labute approximate surface area is 153 Å². The lowest BCUT2D eigenvalue weighted by molar-refractivity contribution is -0.155. The zero-order chi connectivity index (χ0) is 18.7. The molecule has 0 aromatic carbocycles. The van der Waals surface area contributed by atoms with Crippen molar-refractivity contribution in [1.29, 1.82) is 0 Å². The first-order chi connectivity index (χ1) is 11.8. The van der Waals surface area contributed by atoms with Crippen LogP contribution in [0, 0.1) is 28.6 Å². The van der Waals surface area contributed by atoms with Crippen LogP contribution in [-0.2, 0) is 4.79 Å². The van der Waals surface area contributed by atoms with Crippen molar-refractivity contribution in [1.82, 2.24) is 0 Å². The number of carbonyl (C=O) groups is 1. The van der Waals surface area contributed by atoms with Crippen molar-refractivity contribution in [2.45, 2.75) is 78.7 Å². The third-order valence-electron chi connectivity index (χ3n) is 6.95. The maximum atomic E-state index is 12.2. The molecular weight excluding hydrogens is 312 g/mol. The van der Waals surface area contributed by atoms with Gasteiger partial charge in [0.15, 0.2) is 0 Å². The van der Waals surface area contributed by atoms with Crippen molar-refractivity contribution in [2.24, 2.45) is 28.6 Å². The van der Waals surface area contributed by atoms with Crippen LogP contribution in [-0.4, -0.2) is 22.3 Å². The molecule has 3 nitrogen and oxygen atoms in total. The number of hydrogen-bond acceptors (Lipinski definition) is 2. The quantitative estimate of drug-likeness (QED) is 0.664. The molecule has 0 radical (unpaired) electrons. The van der Waals surface area contributed by atoms with Crippen molar-refractivity contribution in [3.63, 3.8) is 0 Å². The predicted octanol–water partition coefficient (Wildman–Crippen LogP) is 5.20. The van der Waals surface area contributed by atoms with E-state index in [2.05, 4.69) is 27.7 Å². The minimum absolute atomic E-state index is 0.0314. The number of allylic oxidation sites excluding steroid dienone is 2. The summed E-state index contributed by atoms with van der Waals surface area (Å²) < 4.78 is 0. The molecular formula is C22H36O3. The predicted molar refractivity (Wildman–Crippen MR) is 102 cm³/mol. The second-order valence-electron chi connectivity index (χ2n) is 8.95. The molecule has 5 atom stereocenters. The fraction of sp³-hybridized carbons (Fsp3) is 0.773. The number of rotatable bonds is 7. The van der Waals surface area contributed by atoms with E-state index in [0.717, 1.165) is 25.7 Å². The molecule has 0 spiro atoms. The lowest BCUT2D eigenvalue weighted by Crippen LogP contribution is -2.47. The van der Waals surface area contributed by atoms with E-state index < -0.39 is 17.5 Å². The van der Waals surface area contributed by atoms with Gasteiger partial charge in [-0.15, -0.1) is 0 Å². The van der Waals surface area contributed by atoms with E-state index in [1.54, 1.807) is 24.3 Å². The monoisotopic (exact) mass is 348 g/mol. The molecule has 2 rings (SSSR count). The normalized spacial score (nSPS) is 35.5. The molecule has 0 heterocycles. The molecule has 0 aromatic heterocycles. The highest BCUT2D eigenvalue weighted by molar-refractivity contribution is 5.79. The van der Waals surface area contributed by atoms with Crippen LogP contribution in [0.4, 0.5) is 0 Å². The molecule has 2 aliphatic carbocycles. The molecule has 142 valence electrons. The average molecular weight is 349 g/mol. The molecule has 3 unspecified atom stereocenters. The number of aliphatic hydroxyl groups excluding tert-OH is 1. The third-order valence-corrected chi connectivity index (χ3v) is 6.95. The molecule has 25 heavy (non-hydrogen) atoms. The molecule has 0 aromatic rings. The van der Waals surface area contributed by atoms with Gasteiger partial charge >= 0.3 is 5.97 Å². The van der Waals surface area contributed by atoms with Gasteiger partial charge in [-0.1, -0.05) is 71.3 Å². The van der Waals surface area contributed by atoms with Crippen LogP contribution >= 0.6 is 0 Å². The van der Waals surface area contributed by atoms with Crippen LogP contribution in [0.3, 0.4) is 0 Å². The standard InChI is InChI=1S/C22H36O3/c1-5-9-17(22(20(24)25)15-7-6-11-19(22)23)12-13-18-16(2)10-8-14-21(18,3)4/h6-7,11,15-19,23H,5,8-10,12-14H2,1-4H3,(H,24,25)/t16-,17?,18+,19?,22?/m0/s1. The lowest BCUT2D eigenvalue weighted by Gasteiger charge is -2.45. The van der Waals surface area contributed by atoms with Gasteiger partial charge in [0.05, 0.1) is 6.10 Å². The van der Waals surface area contributed by atoms with Gasteiger partial charge in [-0.25, -0.2) is 0 Å². The van der Waals surface area contributed by atoms with Crippen molar-refractivity contribution in [3.8, 4) is 0 Å². The Bertz CT molecular complexity index is 519. The molecule has 1 fully saturated rings. The Balaban J connectivity index is 2.21. The van der Waals surface area contributed by atoms with Gasteiger partial charge in [0.25, 0.3) is 0 Å². The molecule has 2 aliphatic rings. The van der Waals surface area contributed by atoms with Crippen LogP contribution in [0.2, 0.25) is 0 Å². The zero-order valence-electron chi connectivity index (χ0n) is 16.4. The summed E-state index contributed by atoms with van der Waals surface area (Å²) in [6.07, 6.45) is 13.5. The topological polar surface area (TPSA) is 57.5 Å². The number of aliphatic carboxylic acids is 1. The van der Waals surface area contributed by atoms with E-state index in [4.69, 9.17) is 0 Å².